The molecule has 0 saturated carbocycles. The highest BCUT2D eigenvalue weighted by molar-refractivity contribution is 5.60. The largest absolute Gasteiger partial charge is 0.416 e. The molecule has 5 rings (SSSR count). The van der Waals surface area contributed by atoms with Crippen molar-refractivity contribution in [1.29, 1.82) is 0 Å². The van der Waals surface area contributed by atoms with Gasteiger partial charge in [-0.05, 0) is 47.0 Å². The smallest absolute Gasteiger partial charge is 0.384 e. The highest BCUT2D eigenvalue weighted by atomic mass is 19.4. The predicted octanol–water partition coefficient (Wildman–Crippen LogP) is 4.20. The first-order chi connectivity index (χ1) is 16.3. The molecule has 0 atom stereocenters. The number of tetrazole rings is 1. The van der Waals surface area contributed by atoms with Gasteiger partial charge in [0.05, 0.1) is 25.2 Å². The Morgan fingerprint density at radius 2 is 1.56 bits per heavy atom. The fraction of sp³-hybridized carbons (Fsp3) is 0.240. The van der Waals surface area contributed by atoms with E-state index in [0.29, 0.717) is 25.3 Å². The van der Waals surface area contributed by atoms with Gasteiger partial charge in [0.25, 0.3) is 0 Å². The normalized spacial score (nSPS) is 15.2. The van der Waals surface area contributed by atoms with Gasteiger partial charge in [0.1, 0.15) is 5.60 Å². The first-order valence-corrected chi connectivity index (χ1v) is 10.8. The van der Waals surface area contributed by atoms with Crippen LogP contribution in [0, 0.1) is 0 Å². The van der Waals surface area contributed by atoms with Crippen molar-refractivity contribution in [2.24, 2.45) is 0 Å². The molecule has 1 aliphatic rings. The summed E-state index contributed by atoms with van der Waals surface area (Å²) >= 11 is 0. The molecule has 4 aromatic rings. The molecular formula is C25H22F3N5O. The molecule has 1 aromatic heterocycles. The maximum absolute atomic E-state index is 12.8. The molecule has 6 nitrogen and oxygen atoms in total. The maximum atomic E-state index is 12.8. The van der Waals surface area contributed by atoms with Crippen molar-refractivity contribution in [3.8, 4) is 11.4 Å². The molecule has 0 amide bonds. The van der Waals surface area contributed by atoms with Crippen molar-refractivity contribution in [2.75, 3.05) is 18.0 Å². The van der Waals surface area contributed by atoms with Crippen LogP contribution in [0.5, 0.6) is 0 Å². The minimum absolute atomic E-state index is 0.213. The number of hydrogen-bond acceptors (Lipinski definition) is 5. The van der Waals surface area contributed by atoms with Gasteiger partial charge < -0.3 is 10.0 Å². The maximum Gasteiger partial charge on any atom is 0.416 e. The van der Waals surface area contributed by atoms with E-state index >= 15 is 0 Å². The lowest BCUT2D eigenvalue weighted by Gasteiger charge is -2.47. The molecule has 0 aliphatic carbocycles. The zero-order valence-corrected chi connectivity index (χ0v) is 18.2. The Morgan fingerprint density at radius 3 is 2.26 bits per heavy atom. The second kappa shape index (κ2) is 8.57. The summed E-state index contributed by atoms with van der Waals surface area (Å²) < 4.78 is 38.5. The molecule has 1 saturated heterocycles. The van der Waals surface area contributed by atoms with Gasteiger partial charge in [0.2, 0.25) is 5.82 Å². The summed E-state index contributed by atoms with van der Waals surface area (Å²) in [5.74, 6) is 0.408. The minimum Gasteiger partial charge on any atom is -0.384 e. The number of nitrogens with zero attached hydrogens (tertiary/aromatic N) is 5. The van der Waals surface area contributed by atoms with E-state index < -0.39 is 17.3 Å². The van der Waals surface area contributed by atoms with Crippen LogP contribution < -0.4 is 4.90 Å². The van der Waals surface area contributed by atoms with Crippen molar-refractivity contribution in [3.05, 3.63) is 95.6 Å². The second-order valence-electron chi connectivity index (χ2n) is 8.59. The van der Waals surface area contributed by atoms with Crippen LogP contribution in [-0.4, -0.2) is 44.0 Å². The Kier molecular flexibility index (Phi) is 5.57. The van der Waals surface area contributed by atoms with Crippen molar-refractivity contribution >= 4 is 5.69 Å². The van der Waals surface area contributed by atoms with Gasteiger partial charge in [-0.3, -0.25) is 0 Å². The zero-order valence-electron chi connectivity index (χ0n) is 18.2. The zero-order chi connectivity index (χ0) is 23.8. The van der Waals surface area contributed by atoms with Crippen LogP contribution in [0.4, 0.5) is 18.9 Å². The lowest BCUT2D eigenvalue weighted by molar-refractivity contribution is -0.137. The second-order valence-corrected chi connectivity index (χ2v) is 8.59. The van der Waals surface area contributed by atoms with E-state index in [1.54, 1.807) is 0 Å². The molecule has 1 fully saturated rings. The third-order valence-electron chi connectivity index (χ3n) is 5.91. The molecule has 2 heterocycles. The standard InChI is InChI=1S/C25H22F3N5O/c26-25(27,28)20-12-10-18(11-13-20)14-19-6-4-5-9-22(19)23-29-31-33(30-23)17-24(34)15-32(16-24)21-7-2-1-3-8-21/h1-13,34H,14-17H2. The SMILES string of the molecule is OC1(Cn2nnc(-c3ccccc3Cc3ccc(C(F)(F)F)cc3)n2)CN(c2ccccc2)C1. The summed E-state index contributed by atoms with van der Waals surface area (Å²) in [6, 6.07) is 22.5. The number of halogens is 3. The fourth-order valence-electron chi connectivity index (χ4n) is 4.19. The summed E-state index contributed by atoms with van der Waals surface area (Å²) in [4.78, 5) is 3.48. The van der Waals surface area contributed by atoms with Gasteiger partial charge in [-0.25, -0.2) is 0 Å². The summed E-state index contributed by atoms with van der Waals surface area (Å²) in [6.07, 6.45) is -3.93. The van der Waals surface area contributed by atoms with Crippen LogP contribution in [0.3, 0.4) is 0 Å². The van der Waals surface area contributed by atoms with Crippen LogP contribution in [0.15, 0.2) is 78.9 Å². The Hall–Kier alpha value is -3.72. The Morgan fingerprint density at radius 1 is 0.882 bits per heavy atom. The van der Waals surface area contributed by atoms with Gasteiger partial charge in [0.15, 0.2) is 0 Å². The van der Waals surface area contributed by atoms with Gasteiger partial charge in [-0.15, -0.1) is 10.2 Å². The highest BCUT2D eigenvalue weighted by Gasteiger charge is 2.42. The van der Waals surface area contributed by atoms with Crippen LogP contribution in [0.25, 0.3) is 11.4 Å². The lowest BCUT2D eigenvalue weighted by Crippen LogP contribution is -2.64. The number of hydrogen-bond donors (Lipinski definition) is 1. The quantitative estimate of drug-likeness (QED) is 0.462. The van der Waals surface area contributed by atoms with Gasteiger partial charge in [-0.2, -0.15) is 18.0 Å². The highest BCUT2D eigenvalue weighted by Crippen LogP contribution is 2.31. The molecule has 34 heavy (non-hydrogen) atoms. The van der Waals surface area contributed by atoms with E-state index in [-0.39, 0.29) is 6.54 Å². The molecule has 3 aromatic carbocycles. The number of alkyl halides is 3. The Balaban J connectivity index is 1.28. The van der Waals surface area contributed by atoms with Crippen molar-refractivity contribution in [3.63, 3.8) is 0 Å². The van der Waals surface area contributed by atoms with Crippen LogP contribution in [0.1, 0.15) is 16.7 Å². The average Bonchev–Trinajstić information content (AvgIpc) is 3.26. The van der Waals surface area contributed by atoms with E-state index in [1.165, 1.54) is 16.9 Å². The predicted molar refractivity (Wildman–Crippen MR) is 121 cm³/mol. The average molecular weight is 465 g/mol. The monoisotopic (exact) mass is 465 g/mol. The van der Waals surface area contributed by atoms with E-state index in [0.717, 1.165) is 34.5 Å². The van der Waals surface area contributed by atoms with Gasteiger partial charge in [-0.1, -0.05) is 54.6 Å². The topological polar surface area (TPSA) is 67.1 Å². The van der Waals surface area contributed by atoms with E-state index in [1.807, 2.05) is 54.6 Å². The minimum atomic E-state index is -4.36. The number of aromatic nitrogens is 4. The molecule has 0 spiro atoms. The van der Waals surface area contributed by atoms with E-state index in [2.05, 4.69) is 20.3 Å². The van der Waals surface area contributed by atoms with E-state index in [9.17, 15) is 18.3 Å². The van der Waals surface area contributed by atoms with E-state index in [4.69, 9.17) is 0 Å². The Bertz CT molecular complexity index is 1270. The summed E-state index contributed by atoms with van der Waals surface area (Å²) in [6.45, 7) is 1.15. The van der Waals surface area contributed by atoms with Crippen LogP contribution >= 0.6 is 0 Å². The molecular weight excluding hydrogens is 443 g/mol. The third-order valence-corrected chi connectivity index (χ3v) is 5.91. The van der Waals surface area contributed by atoms with Crippen LogP contribution in [-0.2, 0) is 19.1 Å². The number of rotatable bonds is 6. The van der Waals surface area contributed by atoms with Crippen LogP contribution in [0.2, 0.25) is 0 Å². The first kappa shape index (κ1) is 22.1. The van der Waals surface area contributed by atoms with Crippen molar-refractivity contribution < 1.29 is 18.3 Å². The lowest BCUT2D eigenvalue weighted by atomic mass is 9.93. The third kappa shape index (κ3) is 4.65. The van der Waals surface area contributed by atoms with Crippen molar-refractivity contribution in [1.82, 2.24) is 20.2 Å². The molecule has 0 bridgehead atoms. The first-order valence-electron chi connectivity index (χ1n) is 10.8. The number of anilines is 1. The van der Waals surface area contributed by atoms with Crippen molar-refractivity contribution in [2.45, 2.75) is 24.7 Å². The number of β-amino-alcohol motifs (C(OH)–C–C–N with tert-alkyl or cyclic N) is 1. The number of benzene rings is 3. The van der Waals surface area contributed by atoms with Gasteiger partial charge in [0, 0.05) is 11.3 Å². The number of para-hydroxylation sites is 1. The molecule has 1 aliphatic heterocycles. The molecule has 174 valence electrons. The van der Waals surface area contributed by atoms with Gasteiger partial charge >= 0.3 is 6.18 Å². The summed E-state index contributed by atoms with van der Waals surface area (Å²) in [5, 5.41) is 23.6. The summed E-state index contributed by atoms with van der Waals surface area (Å²) in [5.41, 5.74) is 1.80. The molecule has 1 N–H and O–H groups in total. The molecule has 0 radical (unpaired) electrons. The Labute approximate surface area is 194 Å². The molecule has 9 heteroatoms. The fourth-order valence-corrected chi connectivity index (χ4v) is 4.19. The number of aliphatic hydroxyl groups is 1. The molecule has 0 unspecified atom stereocenters. The summed E-state index contributed by atoms with van der Waals surface area (Å²) in [7, 11) is 0.